The number of benzene rings is 6. The molecule has 0 aliphatic heterocycles. The van der Waals surface area contributed by atoms with Crippen molar-refractivity contribution in [1.29, 1.82) is 0 Å². The second-order valence-electron chi connectivity index (χ2n) is 13.7. The number of aromatic nitrogens is 2. The number of fused-ring (bicyclic) bond motifs is 8. The third-order valence-electron chi connectivity index (χ3n) is 10.9. The molecule has 1 saturated carbocycles. The van der Waals surface area contributed by atoms with Gasteiger partial charge in [-0.15, -0.1) is 11.3 Å². The van der Waals surface area contributed by atoms with E-state index in [1.807, 2.05) is 35.6 Å². The number of rotatable bonds is 4. The fourth-order valence-electron chi connectivity index (χ4n) is 8.52. The fourth-order valence-corrected chi connectivity index (χ4v) is 9.59. The molecule has 2 aliphatic rings. The van der Waals surface area contributed by atoms with E-state index in [1.54, 1.807) is 11.1 Å². The molecule has 49 heavy (non-hydrogen) atoms. The van der Waals surface area contributed by atoms with Crippen LogP contribution in [-0.4, -0.2) is 9.97 Å². The lowest BCUT2D eigenvalue weighted by Gasteiger charge is -2.36. The number of hydrogen-bond acceptors (Lipinski definition) is 3. The van der Waals surface area contributed by atoms with Crippen LogP contribution in [0.15, 0.2) is 146 Å². The summed E-state index contributed by atoms with van der Waals surface area (Å²) in [5, 5.41) is 2.57. The van der Waals surface area contributed by atoms with E-state index < -0.39 is 0 Å². The summed E-state index contributed by atoms with van der Waals surface area (Å²) < 4.78 is 2.60. The minimum absolute atomic E-state index is 0.189. The number of hydrogen-bond donors (Lipinski definition) is 0. The first-order chi connectivity index (χ1) is 24.2. The highest BCUT2D eigenvalue weighted by Gasteiger charge is 2.43. The number of thiophene rings is 1. The van der Waals surface area contributed by atoms with E-state index in [2.05, 4.69) is 121 Å². The molecule has 2 heterocycles. The molecule has 2 aliphatic carbocycles. The molecule has 0 unspecified atom stereocenters. The Labute approximate surface area is 290 Å². The second kappa shape index (κ2) is 11.4. The zero-order valence-corrected chi connectivity index (χ0v) is 28.0. The first-order valence-corrected chi connectivity index (χ1v) is 18.3. The summed E-state index contributed by atoms with van der Waals surface area (Å²) in [4.78, 5) is 10.1. The van der Waals surface area contributed by atoms with Crippen molar-refractivity contribution in [3.05, 3.63) is 157 Å². The lowest BCUT2D eigenvalue weighted by atomic mass is 9.68. The maximum Gasteiger partial charge on any atom is 0.160 e. The molecule has 0 saturated heterocycles. The van der Waals surface area contributed by atoms with E-state index in [9.17, 15) is 0 Å². The summed E-state index contributed by atoms with van der Waals surface area (Å²) in [7, 11) is 0. The summed E-state index contributed by atoms with van der Waals surface area (Å²) in [6.45, 7) is 0. The lowest BCUT2D eigenvalue weighted by Crippen LogP contribution is -2.27. The van der Waals surface area contributed by atoms with E-state index in [1.165, 1.54) is 74.5 Å². The summed E-state index contributed by atoms with van der Waals surface area (Å²) in [6.07, 6.45) is 6.51. The third kappa shape index (κ3) is 4.68. The predicted octanol–water partition coefficient (Wildman–Crippen LogP) is 12.7. The van der Waals surface area contributed by atoms with Crippen molar-refractivity contribution in [2.24, 2.45) is 0 Å². The molecule has 6 aromatic carbocycles. The normalized spacial score (nSPS) is 14.7. The van der Waals surface area contributed by atoms with Crippen molar-refractivity contribution >= 4 is 31.5 Å². The zero-order valence-electron chi connectivity index (χ0n) is 27.2. The minimum atomic E-state index is 0.189. The average molecular weight is 647 g/mol. The third-order valence-corrected chi connectivity index (χ3v) is 12.1. The fraction of sp³-hybridized carbons (Fsp3) is 0.130. The minimum Gasteiger partial charge on any atom is -0.228 e. The Kier molecular flexibility index (Phi) is 6.63. The Morgan fingerprint density at radius 2 is 1.00 bits per heavy atom. The van der Waals surface area contributed by atoms with Gasteiger partial charge in [-0.1, -0.05) is 128 Å². The molecular weight excluding hydrogens is 613 g/mol. The van der Waals surface area contributed by atoms with E-state index >= 15 is 0 Å². The summed E-state index contributed by atoms with van der Waals surface area (Å²) in [5.41, 5.74) is 13.7. The maximum atomic E-state index is 5.12. The molecule has 0 bridgehead atoms. The molecular formula is C46H34N2S. The Balaban J connectivity index is 1.09. The van der Waals surface area contributed by atoms with Gasteiger partial charge in [0.05, 0.1) is 11.4 Å². The van der Waals surface area contributed by atoms with Crippen LogP contribution in [0.3, 0.4) is 0 Å². The highest BCUT2D eigenvalue weighted by atomic mass is 32.1. The quantitative estimate of drug-likeness (QED) is 0.190. The molecule has 1 spiro atoms. The summed E-state index contributed by atoms with van der Waals surface area (Å²) in [5.74, 6) is 0.739. The SMILES string of the molecule is c1ccc(-c2cc(-c3ccc4sc5ccc(-c6ccc7c(c6)-c6ccccc6C76CCCCC6)cc5c4c3)nc(-c3ccccc3)n2)cc1. The standard InChI is InChI=1S/C46H34N2S/c1-4-12-30(13-5-1)41-29-42(48-45(47-41)31-14-6-2-7-15-31)34-20-23-44-38(28-34)37-27-33(19-22-43(37)49-44)32-18-21-40-36(26-32)35-16-8-9-17-39(35)46(40)24-10-3-11-25-46/h1-2,4-9,12-23,26-29H,3,10-11,24-25H2. The van der Waals surface area contributed by atoms with Gasteiger partial charge in [-0.05, 0) is 82.6 Å². The van der Waals surface area contributed by atoms with Crippen molar-refractivity contribution in [2.45, 2.75) is 37.5 Å². The molecule has 2 nitrogen and oxygen atoms in total. The predicted molar refractivity (Wildman–Crippen MR) is 206 cm³/mol. The Bertz CT molecular complexity index is 2470. The molecule has 0 radical (unpaired) electrons. The van der Waals surface area contributed by atoms with Gasteiger partial charge in [-0.2, -0.15) is 0 Å². The van der Waals surface area contributed by atoms with Crippen molar-refractivity contribution in [3.63, 3.8) is 0 Å². The largest absolute Gasteiger partial charge is 0.228 e. The van der Waals surface area contributed by atoms with Crippen LogP contribution in [0.2, 0.25) is 0 Å². The van der Waals surface area contributed by atoms with Crippen molar-refractivity contribution in [1.82, 2.24) is 9.97 Å². The van der Waals surface area contributed by atoms with Gasteiger partial charge in [0.25, 0.3) is 0 Å². The van der Waals surface area contributed by atoms with Crippen LogP contribution < -0.4 is 0 Å². The molecule has 2 aromatic heterocycles. The van der Waals surface area contributed by atoms with Crippen molar-refractivity contribution in [2.75, 3.05) is 0 Å². The Hall–Kier alpha value is -5.38. The van der Waals surface area contributed by atoms with Crippen LogP contribution in [-0.2, 0) is 5.41 Å². The van der Waals surface area contributed by atoms with E-state index in [-0.39, 0.29) is 5.41 Å². The van der Waals surface area contributed by atoms with Gasteiger partial charge in [0, 0.05) is 42.3 Å². The molecule has 1 fully saturated rings. The van der Waals surface area contributed by atoms with E-state index in [4.69, 9.17) is 9.97 Å². The molecule has 234 valence electrons. The first kappa shape index (κ1) is 28.6. The zero-order chi connectivity index (χ0) is 32.4. The van der Waals surface area contributed by atoms with Crippen LogP contribution in [0, 0.1) is 0 Å². The maximum absolute atomic E-state index is 5.12. The smallest absolute Gasteiger partial charge is 0.160 e. The molecule has 8 aromatic rings. The van der Waals surface area contributed by atoms with Gasteiger partial charge in [-0.3, -0.25) is 0 Å². The van der Waals surface area contributed by atoms with Gasteiger partial charge >= 0.3 is 0 Å². The number of nitrogens with zero attached hydrogens (tertiary/aromatic N) is 2. The second-order valence-corrected chi connectivity index (χ2v) is 14.8. The molecule has 0 amide bonds. The van der Waals surface area contributed by atoms with Crippen LogP contribution in [0.1, 0.15) is 43.2 Å². The van der Waals surface area contributed by atoms with Gasteiger partial charge in [0.1, 0.15) is 0 Å². The monoisotopic (exact) mass is 646 g/mol. The van der Waals surface area contributed by atoms with E-state index in [0.717, 1.165) is 33.9 Å². The van der Waals surface area contributed by atoms with Crippen LogP contribution >= 0.6 is 11.3 Å². The average Bonchev–Trinajstić information content (AvgIpc) is 3.67. The Morgan fingerprint density at radius 3 is 1.76 bits per heavy atom. The van der Waals surface area contributed by atoms with Gasteiger partial charge < -0.3 is 0 Å². The van der Waals surface area contributed by atoms with Crippen molar-refractivity contribution in [3.8, 4) is 56.2 Å². The van der Waals surface area contributed by atoms with Gasteiger partial charge in [-0.25, -0.2) is 9.97 Å². The first-order valence-electron chi connectivity index (χ1n) is 17.4. The van der Waals surface area contributed by atoms with E-state index in [0.29, 0.717) is 0 Å². The van der Waals surface area contributed by atoms with Crippen LogP contribution in [0.4, 0.5) is 0 Å². The highest BCUT2D eigenvalue weighted by molar-refractivity contribution is 7.25. The van der Waals surface area contributed by atoms with Crippen LogP contribution in [0.5, 0.6) is 0 Å². The molecule has 0 N–H and O–H groups in total. The molecule has 10 rings (SSSR count). The molecule has 0 atom stereocenters. The summed E-state index contributed by atoms with van der Waals surface area (Å²) in [6, 6.07) is 53.1. The van der Waals surface area contributed by atoms with Gasteiger partial charge in [0.15, 0.2) is 5.82 Å². The molecule has 3 heteroatoms. The lowest BCUT2D eigenvalue weighted by molar-refractivity contribution is 0.353. The summed E-state index contributed by atoms with van der Waals surface area (Å²) >= 11 is 1.86. The van der Waals surface area contributed by atoms with Crippen LogP contribution in [0.25, 0.3) is 76.3 Å². The topological polar surface area (TPSA) is 25.8 Å². The van der Waals surface area contributed by atoms with Gasteiger partial charge in [0.2, 0.25) is 0 Å². The van der Waals surface area contributed by atoms with Crippen molar-refractivity contribution < 1.29 is 0 Å². The Morgan fingerprint density at radius 1 is 0.429 bits per heavy atom. The highest BCUT2D eigenvalue weighted by Crippen LogP contribution is 2.56.